The third-order valence-electron chi connectivity index (χ3n) is 1.58. The van der Waals surface area contributed by atoms with E-state index in [-0.39, 0.29) is 32.8 Å². The van der Waals surface area contributed by atoms with Crippen LogP contribution in [0.5, 0.6) is 0 Å². The second kappa shape index (κ2) is 4.61. The third-order valence-corrected chi connectivity index (χ3v) is 3.02. The Morgan fingerprint density at radius 3 is 1.70 bits per heavy atom. The second-order valence-electron chi connectivity index (χ2n) is 3.34. The standard InChI is InChI=1S/C6H13O2P.Ti/c1-5(9(7)8)6(2,3)4;/h5H,1-4H3;/p+1. The SMILES string of the molecule is CC([P+](=O)O)C(C)(C)C.[Ti]. The molecule has 0 fully saturated rings. The summed E-state index contributed by atoms with van der Waals surface area (Å²) in [5.41, 5.74) is -0.171. The maximum Gasteiger partial charge on any atom is 0.508 e. The molecule has 0 aliphatic heterocycles. The van der Waals surface area contributed by atoms with Gasteiger partial charge in [-0.15, -0.1) is 0 Å². The Bertz CT molecular complexity index is 119. The van der Waals surface area contributed by atoms with Crippen molar-refractivity contribution in [3.63, 3.8) is 0 Å². The van der Waals surface area contributed by atoms with Crippen LogP contribution in [0.3, 0.4) is 0 Å². The summed E-state index contributed by atoms with van der Waals surface area (Å²) in [4.78, 5) is 8.67. The topological polar surface area (TPSA) is 37.3 Å². The molecule has 0 aromatic carbocycles. The van der Waals surface area contributed by atoms with E-state index in [1.165, 1.54) is 0 Å². The molecule has 0 saturated carbocycles. The van der Waals surface area contributed by atoms with Gasteiger partial charge in [-0.05, 0) is 11.5 Å². The van der Waals surface area contributed by atoms with Crippen molar-refractivity contribution in [3.05, 3.63) is 0 Å². The predicted octanol–water partition coefficient (Wildman–Crippen LogP) is 2.15. The van der Waals surface area contributed by atoms with Crippen LogP contribution in [0, 0.1) is 5.41 Å². The van der Waals surface area contributed by atoms with Gasteiger partial charge in [0.05, 0.1) is 0 Å². The van der Waals surface area contributed by atoms with Gasteiger partial charge in [-0.25, -0.2) is 0 Å². The molecule has 0 aromatic rings. The largest absolute Gasteiger partial charge is 0.508 e. The Hall–Kier alpha value is 0.774. The summed E-state index contributed by atoms with van der Waals surface area (Å²) < 4.78 is 10.5. The van der Waals surface area contributed by atoms with Crippen molar-refractivity contribution in [2.75, 3.05) is 0 Å². The predicted molar refractivity (Wildman–Crippen MR) is 38.7 cm³/mol. The summed E-state index contributed by atoms with van der Waals surface area (Å²) in [5, 5.41) is 0. The minimum atomic E-state index is -2.00. The van der Waals surface area contributed by atoms with Crippen LogP contribution in [0.4, 0.5) is 0 Å². The molecule has 0 bridgehead atoms. The van der Waals surface area contributed by atoms with E-state index >= 15 is 0 Å². The van der Waals surface area contributed by atoms with Gasteiger partial charge in [0.2, 0.25) is 0 Å². The van der Waals surface area contributed by atoms with Crippen molar-refractivity contribution in [1.29, 1.82) is 0 Å². The molecule has 0 heterocycles. The van der Waals surface area contributed by atoms with E-state index in [2.05, 4.69) is 0 Å². The zero-order chi connectivity index (χ0) is 7.65. The van der Waals surface area contributed by atoms with Gasteiger partial charge in [-0.3, -0.25) is 0 Å². The van der Waals surface area contributed by atoms with E-state index in [1.54, 1.807) is 6.92 Å². The molecular weight excluding hydrogens is 183 g/mol. The molecule has 0 aromatic heterocycles. The molecule has 2 atom stereocenters. The quantitative estimate of drug-likeness (QED) is 0.516. The summed E-state index contributed by atoms with van der Waals surface area (Å²) in [7, 11) is -2.00. The van der Waals surface area contributed by atoms with E-state index in [0.29, 0.717) is 0 Å². The maximum atomic E-state index is 10.5. The van der Waals surface area contributed by atoms with Crippen molar-refractivity contribution >= 4 is 8.03 Å². The summed E-state index contributed by atoms with van der Waals surface area (Å²) >= 11 is 0. The van der Waals surface area contributed by atoms with Crippen LogP contribution in [-0.2, 0) is 26.3 Å². The minimum absolute atomic E-state index is 0. The summed E-state index contributed by atoms with van der Waals surface area (Å²) in [5.74, 6) is 0. The zero-order valence-electron chi connectivity index (χ0n) is 6.88. The smallest absolute Gasteiger partial charge is 0.161 e. The average molecular weight is 197 g/mol. The monoisotopic (exact) mass is 197 g/mol. The van der Waals surface area contributed by atoms with Gasteiger partial charge in [0.25, 0.3) is 0 Å². The van der Waals surface area contributed by atoms with Crippen molar-refractivity contribution in [2.45, 2.75) is 33.4 Å². The van der Waals surface area contributed by atoms with Gasteiger partial charge in [0, 0.05) is 27.1 Å². The fraction of sp³-hybridized carbons (Fsp3) is 1.00. The first-order valence-corrected chi connectivity index (χ1v) is 4.29. The van der Waals surface area contributed by atoms with Crippen LogP contribution in [0.1, 0.15) is 27.7 Å². The van der Waals surface area contributed by atoms with Crippen molar-refractivity contribution < 1.29 is 31.2 Å². The van der Waals surface area contributed by atoms with Crippen LogP contribution >= 0.6 is 8.03 Å². The van der Waals surface area contributed by atoms with Crippen LogP contribution in [0.2, 0.25) is 0 Å². The van der Waals surface area contributed by atoms with Gasteiger partial charge in [-0.2, -0.15) is 4.89 Å². The molecule has 0 amide bonds. The van der Waals surface area contributed by atoms with Gasteiger partial charge in [-0.1, -0.05) is 20.8 Å². The first-order valence-electron chi connectivity index (χ1n) is 3.01. The second-order valence-corrected chi connectivity index (χ2v) is 4.72. The van der Waals surface area contributed by atoms with E-state index in [4.69, 9.17) is 4.89 Å². The van der Waals surface area contributed by atoms with Crippen molar-refractivity contribution in [2.24, 2.45) is 5.41 Å². The fourth-order valence-electron chi connectivity index (χ4n) is 0.331. The van der Waals surface area contributed by atoms with Gasteiger partial charge in [0.1, 0.15) is 0 Å². The number of hydrogen-bond donors (Lipinski definition) is 1. The van der Waals surface area contributed by atoms with Crippen molar-refractivity contribution in [1.82, 2.24) is 0 Å². The zero-order valence-corrected chi connectivity index (χ0v) is 9.34. The molecule has 58 valence electrons. The van der Waals surface area contributed by atoms with Crippen LogP contribution < -0.4 is 0 Å². The van der Waals surface area contributed by atoms with E-state index in [0.717, 1.165) is 0 Å². The summed E-state index contributed by atoms with van der Waals surface area (Å²) in [6.07, 6.45) is 0. The molecule has 0 rings (SSSR count). The molecule has 0 saturated heterocycles. The Labute approximate surface area is 78.2 Å². The Balaban J connectivity index is 0. The molecule has 0 radical (unpaired) electrons. The van der Waals surface area contributed by atoms with E-state index in [1.807, 2.05) is 20.8 Å². The molecule has 10 heavy (non-hydrogen) atoms. The molecule has 4 heteroatoms. The molecule has 2 nitrogen and oxygen atoms in total. The van der Waals surface area contributed by atoms with Gasteiger partial charge >= 0.3 is 8.03 Å². The third kappa shape index (κ3) is 4.57. The molecule has 0 aliphatic carbocycles. The molecule has 1 N–H and O–H groups in total. The van der Waals surface area contributed by atoms with Crippen molar-refractivity contribution in [3.8, 4) is 0 Å². The van der Waals surface area contributed by atoms with Crippen LogP contribution in [0.25, 0.3) is 0 Å². The molecular formula is C6H14O2PTi+. The van der Waals surface area contributed by atoms with Gasteiger partial charge < -0.3 is 0 Å². The fourth-order valence-corrected chi connectivity index (χ4v) is 0.994. The Kier molecular flexibility index (Phi) is 6.17. The number of hydrogen-bond acceptors (Lipinski definition) is 1. The summed E-state index contributed by atoms with van der Waals surface area (Å²) in [6, 6.07) is 0. The minimum Gasteiger partial charge on any atom is -0.161 e. The first-order chi connectivity index (χ1) is 3.85. The Morgan fingerprint density at radius 1 is 1.40 bits per heavy atom. The first kappa shape index (κ1) is 13.4. The number of rotatable bonds is 1. The molecule has 0 spiro atoms. The van der Waals surface area contributed by atoms with Gasteiger partial charge in [0.15, 0.2) is 5.66 Å². The summed E-state index contributed by atoms with van der Waals surface area (Å²) in [6.45, 7) is 7.67. The van der Waals surface area contributed by atoms with E-state index in [9.17, 15) is 4.57 Å². The average Bonchev–Trinajstić information content (AvgIpc) is 1.62. The normalized spacial score (nSPS) is 15.5. The van der Waals surface area contributed by atoms with E-state index < -0.39 is 8.03 Å². The molecule has 2 unspecified atom stereocenters. The Morgan fingerprint density at radius 2 is 1.70 bits per heavy atom. The van der Waals surface area contributed by atoms with Crippen LogP contribution in [-0.4, -0.2) is 10.6 Å². The van der Waals surface area contributed by atoms with Crippen LogP contribution in [0.15, 0.2) is 0 Å². The maximum absolute atomic E-state index is 10.5. The molecule has 0 aliphatic rings.